The molecular formula is C16H21N3OS. The van der Waals surface area contributed by atoms with Crippen LogP contribution in [0, 0.1) is 6.92 Å². The maximum Gasteiger partial charge on any atom is 0.258 e. The molecule has 0 unspecified atom stereocenters. The van der Waals surface area contributed by atoms with Crippen LogP contribution in [-0.2, 0) is 13.0 Å². The van der Waals surface area contributed by atoms with Crippen LogP contribution in [0.3, 0.4) is 0 Å². The Hall–Kier alpha value is -1.88. The van der Waals surface area contributed by atoms with E-state index in [4.69, 9.17) is 0 Å². The van der Waals surface area contributed by atoms with E-state index in [1.54, 1.807) is 4.90 Å². The van der Waals surface area contributed by atoms with Gasteiger partial charge in [-0.05, 0) is 36.0 Å². The Morgan fingerprint density at radius 2 is 1.90 bits per heavy atom. The lowest BCUT2D eigenvalue weighted by atomic mass is 10.1. The Kier molecular flexibility index (Phi) is 4.96. The van der Waals surface area contributed by atoms with E-state index in [-0.39, 0.29) is 5.91 Å². The molecule has 0 saturated carbocycles. The van der Waals surface area contributed by atoms with Crippen molar-refractivity contribution < 1.29 is 4.79 Å². The van der Waals surface area contributed by atoms with Crippen molar-refractivity contribution in [2.45, 2.75) is 26.8 Å². The summed E-state index contributed by atoms with van der Waals surface area (Å²) in [6.45, 7) is 4.60. The number of carbonyl (C=O) groups is 1. The standard InChI is InChI=1S/C16H21N3OS/c1-5-12-6-8-13(9-7-12)10-19(4)16(20)14-11(2)18-21-15(14)17-3/h6-9,17H,5,10H2,1-4H3. The summed E-state index contributed by atoms with van der Waals surface area (Å²) >= 11 is 1.32. The van der Waals surface area contributed by atoms with E-state index in [1.807, 2.05) is 21.0 Å². The molecule has 4 nitrogen and oxygen atoms in total. The minimum Gasteiger partial charge on any atom is -0.378 e. The van der Waals surface area contributed by atoms with Crippen molar-refractivity contribution in [2.24, 2.45) is 0 Å². The number of carbonyl (C=O) groups excluding carboxylic acids is 1. The van der Waals surface area contributed by atoms with Crippen molar-refractivity contribution in [3.63, 3.8) is 0 Å². The molecule has 0 aliphatic heterocycles. The molecule has 1 aromatic heterocycles. The molecule has 1 amide bonds. The summed E-state index contributed by atoms with van der Waals surface area (Å²) in [5.74, 6) is 0.00479. The zero-order valence-corrected chi connectivity index (χ0v) is 13.8. The molecule has 21 heavy (non-hydrogen) atoms. The number of aromatic nitrogens is 1. The van der Waals surface area contributed by atoms with Gasteiger partial charge in [0.2, 0.25) is 0 Å². The molecule has 2 rings (SSSR count). The van der Waals surface area contributed by atoms with Crippen molar-refractivity contribution in [2.75, 3.05) is 19.4 Å². The van der Waals surface area contributed by atoms with Crippen LogP contribution in [0.2, 0.25) is 0 Å². The normalized spacial score (nSPS) is 10.5. The minimum absolute atomic E-state index is 0.00479. The molecule has 1 N–H and O–H groups in total. The average molecular weight is 303 g/mol. The number of anilines is 1. The Bertz CT molecular complexity index is 619. The molecule has 0 aliphatic carbocycles. The second-order valence-corrected chi connectivity index (χ2v) is 5.83. The number of nitrogens with zero attached hydrogens (tertiary/aromatic N) is 2. The van der Waals surface area contributed by atoms with Crippen LogP contribution in [0.5, 0.6) is 0 Å². The fourth-order valence-electron chi connectivity index (χ4n) is 2.21. The largest absolute Gasteiger partial charge is 0.378 e. The Labute approximate surface area is 130 Å². The summed E-state index contributed by atoms with van der Waals surface area (Å²) in [4.78, 5) is 14.3. The van der Waals surface area contributed by atoms with Gasteiger partial charge in [-0.25, -0.2) is 0 Å². The number of hydrogen-bond donors (Lipinski definition) is 1. The van der Waals surface area contributed by atoms with Gasteiger partial charge in [-0.2, -0.15) is 4.37 Å². The SMILES string of the molecule is CCc1ccc(CN(C)C(=O)c2c(C)nsc2NC)cc1. The highest BCUT2D eigenvalue weighted by molar-refractivity contribution is 7.10. The number of amides is 1. The van der Waals surface area contributed by atoms with Crippen molar-refractivity contribution >= 4 is 22.4 Å². The third kappa shape index (κ3) is 3.42. The molecule has 112 valence electrons. The van der Waals surface area contributed by atoms with Crippen LogP contribution < -0.4 is 5.32 Å². The van der Waals surface area contributed by atoms with Crippen molar-refractivity contribution in [1.29, 1.82) is 0 Å². The van der Waals surface area contributed by atoms with E-state index >= 15 is 0 Å². The third-order valence-corrected chi connectivity index (χ3v) is 4.46. The maximum atomic E-state index is 12.6. The Morgan fingerprint density at radius 3 is 2.48 bits per heavy atom. The molecule has 1 aromatic carbocycles. The number of aryl methyl sites for hydroxylation is 2. The average Bonchev–Trinajstić information content (AvgIpc) is 2.88. The molecule has 0 radical (unpaired) electrons. The molecule has 0 atom stereocenters. The van der Waals surface area contributed by atoms with Gasteiger partial charge in [0, 0.05) is 20.6 Å². The summed E-state index contributed by atoms with van der Waals surface area (Å²) in [6.07, 6.45) is 1.03. The first-order chi connectivity index (χ1) is 10.1. The van der Waals surface area contributed by atoms with E-state index in [0.717, 1.165) is 22.7 Å². The van der Waals surface area contributed by atoms with Gasteiger partial charge in [0.1, 0.15) is 5.00 Å². The van der Waals surface area contributed by atoms with Gasteiger partial charge in [-0.1, -0.05) is 31.2 Å². The topological polar surface area (TPSA) is 45.2 Å². The van der Waals surface area contributed by atoms with E-state index in [9.17, 15) is 4.79 Å². The number of benzene rings is 1. The predicted octanol–water partition coefficient (Wildman–Crippen LogP) is 3.33. The second kappa shape index (κ2) is 6.72. The number of rotatable bonds is 5. The first-order valence-electron chi connectivity index (χ1n) is 7.04. The van der Waals surface area contributed by atoms with Crippen LogP contribution in [0.4, 0.5) is 5.00 Å². The molecule has 0 fully saturated rings. The Balaban J connectivity index is 2.13. The van der Waals surface area contributed by atoms with Crippen LogP contribution in [0.25, 0.3) is 0 Å². The lowest BCUT2D eigenvalue weighted by molar-refractivity contribution is 0.0785. The van der Waals surface area contributed by atoms with Crippen LogP contribution in [-0.4, -0.2) is 29.3 Å². The van der Waals surface area contributed by atoms with Gasteiger partial charge in [0.25, 0.3) is 5.91 Å². The van der Waals surface area contributed by atoms with Gasteiger partial charge < -0.3 is 10.2 Å². The summed E-state index contributed by atoms with van der Waals surface area (Å²) in [7, 11) is 3.64. The highest BCUT2D eigenvalue weighted by atomic mass is 32.1. The fourth-order valence-corrected chi connectivity index (χ4v) is 2.95. The van der Waals surface area contributed by atoms with E-state index < -0.39 is 0 Å². The molecule has 1 heterocycles. The van der Waals surface area contributed by atoms with Crippen LogP contribution in [0.1, 0.15) is 34.1 Å². The molecular weight excluding hydrogens is 282 g/mol. The van der Waals surface area contributed by atoms with Gasteiger partial charge in [-0.15, -0.1) is 0 Å². The molecule has 5 heteroatoms. The number of hydrogen-bond acceptors (Lipinski definition) is 4. The first-order valence-corrected chi connectivity index (χ1v) is 7.81. The highest BCUT2D eigenvalue weighted by Gasteiger charge is 2.21. The molecule has 0 aliphatic rings. The predicted molar refractivity (Wildman–Crippen MR) is 88.0 cm³/mol. The van der Waals surface area contributed by atoms with Crippen LogP contribution in [0.15, 0.2) is 24.3 Å². The lowest BCUT2D eigenvalue weighted by Crippen LogP contribution is -2.27. The molecule has 2 aromatic rings. The van der Waals surface area contributed by atoms with Crippen molar-refractivity contribution in [3.05, 3.63) is 46.6 Å². The van der Waals surface area contributed by atoms with E-state index in [1.165, 1.54) is 17.1 Å². The molecule has 0 saturated heterocycles. The van der Waals surface area contributed by atoms with Gasteiger partial charge in [-0.3, -0.25) is 4.79 Å². The smallest absolute Gasteiger partial charge is 0.258 e. The van der Waals surface area contributed by atoms with Gasteiger partial charge in [0.05, 0.1) is 11.3 Å². The number of nitrogens with one attached hydrogen (secondary N) is 1. The highest BCUT2D eigenvalue weighted by Crippen LogP contribution is 2.25. The second-order valence-electron chi connectivity index (χ2n) is 5.05. The van der Waals surface area contributed by atoms with Crippen molar-refractivity contribution in [1.82, 2.24) is 9.27 Å². The van der Waals surface area contributed by atoms with Crippen LogP contribution >= 0.6 is 11.5 Å². The summed E-state index contributed by atoms with van der Waals surface area (Å²) < 4.78 is 4.25. The first kappa shape index (κ1) is 15.5. The van der Waals surface area contributed by atoms with E-state index in [0.29, 0.717) is 12.1 Å². The van der Waals surface area contributed by atoms with Gasteiger partial charge in [0.15, 0.2) is 0 Å². The summed E-state index contributed by atoms with van der Waals surface area (Å²) in [6, 6.07) is 8.40. The van der Waals surface area contributed by atoms with Gasteiger partial charge >= 0.3 is 0 Å². The summed E-state index contributed by atoms with van der Waals surface area (Å²) in [5, 5.41) is 3.86. The third-order valence-electron chi connectivity index (χ3n) is 3.50. The minimum atomic E-state index is 0.00479. The summed E-state index contributed by atoms with van der Waals surface area (Å²) in [5.41, 5.74) is 3.90. The quantitative estimate of drug-likeness (QED) is 0.921. The monoisotopic (exact) mass is 303 g/mol. The Morgan fingerprint density at radius 1 is 1.29 bits per heavy atom. The van der Waals surface area contributed by atoms with Crippen molar-refractivity contribution in [3.8, 4) is 0 Å². The lowest BCUT2D eigenvalue weighted by Gasteiger charge is -2.18. The maximum absolute atomic E-state index is 12.6. The zero-order valence-electron chi connectivity index (χ0n) is 12.9. The zero-order chi connectivity index (χ0) is 15.4. The molecule has 0 spiro atoms. The molecule has 0 bridgehead atoms. The van der Waals surface area contributed by atoms with E-state index in [2.05, 4.69) is 40.9 Å². The fraction of sp³-hybridized carbons (Fsp3) is 0.375.